The van der Waals surface area contributed by atoms with E-state index in [-0.39, 0.29) is 23.9 Å². The molecule has 0 aromatic rings. The van der Waals surface area contributed by atoms with Gasteiger partial charge in [-0.3, -0.25) is 14.5 Å². The Kier molecular flexibility index (Phi) is 4.19. The van der Waals surface area contributed by atoms with Crippen LogP contribution in [0.15, 0.2) is 0 Å². The number of nitrogens with zero attached hydrogens (tertiary/aromatic N) is 2. The molecular formula is C17H29N3O2. The lowest BCUT2D eigenvalue weighted by molar-refractivity contribution is -0.144. The molecule has 5 heteroatoms. The molecule has 0 spiro atoms. The van der Waals surface area contributed by atoms with E-state index < -0.39 is 5.41 Å². The Morgan fingerprint density at radius 1 is 1.05 bits per heavy atom. The summed E-state index contributed by atoms with van der Waals surface area (Å²) in [7, 11) is 0. The number of nitrogens with one attached hydrogen (secondary N) is 1. The standard InChI is InChI=1S/C17H29N3O2/c1-17(2,3)16(22)20-9-4-5-14(20)15(21)18-12-8-10-19(11-12)13-6-7-13/h12-14H,4-11H2,1-3H3,(H,18,21). The predicted octanol–water partition coefficient (Wildman–Crippen LogP) is 1.38. The molecule has 124 valence electrons. The second-order valence-corrected chi connectivity index (χ2v) is 8.13. The van der Waals surface area contributed by atoms with Gasteiger partial charge in [-0.2, -0.15) is 0 Å². The fourth-order valence-electron chi connectivity index (χ4n) is 3.69. The van der Waals surface area contributed by atoms with Gasteiger partial charge in [0.25, 0.3) is 0 Å². The smallest absolute Gasteiger partial charge is 0.243 e. The van der Waals surface area contributed by atoms with Gasteiger partial charge in [0.15, 0.2) is 0 Å². The van der Waals surface area contributed by atoms with E-state index in [1.807, 2.05) is 20.8 Å². The van der Waals surface area contributed by atoms with E-state index in [2.05, 4.69) is 10.2 Å². The molecule has 22 heavy (non-hydrogen) atoms. The second kappa shape index (κ2) is 5.84. The van der Waals surface area contributed by atoms with Crippen molar-refractivity contribution in [1.29, 1.82) is 0 Å². The van der Waals surface area contributed by atoms with Crippen molar-refractivity contribution in [3.05, 3.63) is 0 Å². The van der Waals surface area contributed by atoms with Crippen molar-refractivity contribution in [1.82, 2.24) is 15.1 Å². The largest absolute Gasteiger partial charge is 0.350 e. The number of hydrogen-bond acceptors (Lipinski definition) is 3. The maximum Gasteiger partial charge on any atom is 0.243 e. The maximum absolute atomic E-state index is 12.6. The molecule has 3 aliphatic rings. The van der Waals surface area contributed by atoms with Crippen LogP contribution in [-0.2, 0) is 9.59 Å². The summed E-state index contributed by atoms with van der Waals surface area (Å²) in [5, 5.41) is 3.20. The van der Waals surface area contributed by atoms with E-state index in [0.717, 1.165) is 38.4 Å². The van der Waals surface area contributed by atoms with Gasteiger partial charge in [-0.15, -0.1) is 0 Å². The number of rotatable bonds is 3. The molecule has 0 bridgehead atoms. The van der Waals surface area contributed by atoms with E-state index in [1.165, 1.54) is 12.8 Å². The van der Waals surface area contributed by atoms with Crippen molar-refractivity contribution >= 4 is 11.8 Å². The van der Waals surface area contributed by atoms with Crippen LogP contribution in [0, 0.1) is 5.41 Å². The molecule has 2 atom stereocenters. The normalized spacial score (nSPS) is 29.9. The zero-order valence-corrected chi connectivity index (χ0v) is 14.1. The highest BCUT2D eigenvalue weighted by Crippen LogP contribution is 2.30. The summed E-state index contributed by atoms with van der Waals surface area (Å²) >= 11 is 0. The van der Waals surface area contributed by atoms with Crippen LogP contribution in [0.1, 0.15) is 52.9 Å². The fourth-order valence-corrected chi connectivity index (χ4v) is 3.69. The molecule has 1 N–H and O–H groups in total. The SMILES string of the molecule is CC(C)(C)C(=O)N1CCCC1C(=O)NC1CCN(C2CC2)C1. The van der Waals surface area contributed by atoms with Crippen LogP contribution < -0.4 is 5.32 Å². The molecule has 0 aromatic carbocycles. The third-order valence-corrected chi connectivity index (χ3v) is 5.09. The Morgan fingerprint density at radius 3 is 2.41 bits per heavy atom. The summed E-state index contributed by atoms with van der Waals surface area (Å²) in [5.74, 6) is 0.147. The summed E-state index contributed by atoms with van der Waals surface area (Å²) in [6.07, 6.45) is 5.40. The summed E-state index contributed by atoms with van der Waals surface area (Å²) in [6.45, 7) is 8.57. The minimum atomic E-state index is -0.418. The first-order valence-corrected chi connectivity index (χ1v) is 8.72. The molecule has 0 aromatic heterocycles. The molecule has 2 saturated heterocycles. The maximum atomic E-state index is 12.6. The number of hydrogen-bond donors (Lipinski definition) is 1. The van der Waals surface area contributed by atoms with Gasteiger partial charge >= 0.3 is 0 Å². The fraction of sp³-hybridized carbons (Fsp3) is 0.882. The molecule has 2 unspecified atom stereocenters. The van der Waals surface area contributed by atoms with Crippen LogP contribution in [0.5, 0.6) is 0 Å². The molecule has 2 amide bonds. The Morgan fingerprint density at radius 2 is 1.77 bits per heavy atom. The molecule has 2 heterocycles. The highest BCUT2D eigenvalue weighted by atomic mass is 16.2. The molecule has 1 saturated carbocycles. The van der Waals surface area contributed by atoms with Crippen molar-refractivity contribution < 1.29 is 9.59 Å². The Bertz CT molecular complexity index is 453. The number of likely N-dealkylation sites (tertiary alicyclic amines) is 2. The van der Waals surface area contributed by atoms with Crippen LogP contribution in [0.3, 0.4) is 0 Å². The zero-order valence-electron chi connectivity index (χ0n) is 14.1. The summed E-state index contributed by atoms with van der Waals surface area (Å²) in [6, 6.07) is 0.773. The Labute approximate surface area is 133 Å². The van der Waals surface area contributed by atoms with Crippen LogP contribution in [0.25, 0.3) is 0 Å². The third kappa shape index (κ3) is 3.29. The molecule has 3 rings (SSSR count). The Balaban J connectivity index is 1.56. The van der Waals surface area contributed by atoms with Gasteiger partial charge in [-0.25, -0.2) is 0 Å². The summed E-state index contributed by atoms with van der Waals surface area (Å²) in [4.78, 5) is 29.4. The molecular weight excluding hydrogens is 278 g/mol. The van der Waals surface area contributed by atoms with Crippen molar-refractivity contribution in [2.45, 2.75) is 71.0 Å². The molecule has 1 aliphatic carbocycles. The lowest BCUT2D eigenvalue weighted by Crippen LogP contribution is -2.51. The van der Waals surface area contributed by atoms with Crippen LogP contribution in [0.4, 0.5) is 0 Å². The first-order chi connectivity index (χ1) is 10.4. The highest BCUT2D eigenvalue weighted by molar-refractivity contribution is 5.90. The molecule has 5 nitrogen and oxygen atoms in total. The van der Waals surface area contributed by atoms with Crippen molar-refractivity contribution in [3.63, 3.8) is 0 Å². The lowest BCUT2D eigenvalue weighted by Gasteiger charge is -2.30. The number of amides is 2. The van der Waals surface area contributed by atoms with E-state index in [4.69, 9.17) is 0 Å². The predicted molar refractivity (Wildman–Crippen MR) is 85.3 cm³/mol. The van der Waals surface area contributed by atoms with E-state index in [0.29, 0.717) is 6.54 Å². The number of carbonyl (C=O) groups is 2. The van der Waals surface area contributed by atoms with Crippen LogP contribution >= 0.6 is 0 Å². The van der Waals surface area contributed by atoms with Crippen molar-refractivity contribution in [3.8, 4) is 0 Å². The van der Waals surface area contributed by atoms with Gasteiger partial charge < -0.3 is 10.2 Å². The number of carbonyl (C=O) groups excluding carboxylic acids is 2. The third-order valence-electron chi connectivity index (χ3n) is 5.09. The van der Waals surface area contributed by atoms with Gasteiger partial charge in [0.05, 0.1) is 0 Å². The van der Waals surface area contributed by atoms with E-state index in [9.17, 15) is 9.59 Å². The van der Waals surface area contributed by atoms with Gasteiger partial charge in [-0.1, -0.05) is 20.8 Å². The first-order valence-electron chi connectivity index (χ1n) is 8.72. The van der Waals surface area contributed by atoms with Crippen LogP contribution in [0.2, 0.25) is 0 Å². The van der Waals surface area contributed by atoms with Crippen LogP contribution in [-0.4, -0.2) is 59.4 Å². The van der Waals surface area contributed by atoms with Gasteiger partial charge in [0.1, 0.15) is 6.04 Å². The van der Waals surface area contributed by atoms with Gasteiger partial charge in [-0.05, 0) is 32.1 Å². The molecule has 2 aliphatic heterocycles. The molecule has 3 fully saturated rings. The first kappa shape index (κ1) is 15.8. The molecule has 0 radical (unpaired) electrons. The average Bonchev–Trinajstić information content (AvgIpc) is 3.00. The van der Waals surface area contributed by atoms with E-state index in [1.54, 1.807) is 4.90 Å². The Hall–Kier alpha value is -1.10. The topological polar surface area (TPSA) is 52.7 Å². The minimum Gasteiger partial charge on any atom is -0.350 e. The average molecular weight is 307 g/mol. The quantitative estimate of drug-likeness (QED) is 0.857. The van der Waals surface area contributed by atoms with E-state index >= 15 is 0 Å². The van der Waals surface area contributed by atoms with Gasteiger partial charge in [0.2, 0.25) is 11.8 Å². The minimum absolute atomic E-state index is 0.0535. The summed E-state index contributed by atoms with van der Waals surface area (Å²) < 4.78 is 0. The highest BCUT2D eigenvalue weighted by Gasteiger charge is 2.40. The van der Waals surface area contributed by atoms with Crippen molar-refractivity contribution in [2.75, 3.05) is 19.6 Å². The second-order valence-electron chi connectivity index (χ2n) is 8.13. The zero-order chi connectivity index (χ0) is 15.9. The lowest BCUT2D eigenvalue weighted by atomic mass is 9.94. The summed E-state index contributed by atoms with van der Waals surface area (Å²) in [5.41, 5.74) is -0.418. The van der Waals surface area contributed by atoms with Crippen molar-refractivity contribution in [2.24, 2.45) is 5.41 Å². The van der Waals surface area contributed by atoms with Gasteiger partial charge in [0, 0.05) is 37.1 Å². The monoisotopic (exact) mass is 307 g/mol.